The summed E-state index contributed by atoms with van der Waals surface area (Å²) in [6.45, 7) is 4.31. The molecule has 0 bridgehead atoms. The number of H-pyrrole nitrogens is 1. The molecule has 2 heterocycles. The lowest BCUT2D eigenvalue weighted by Gasteiger charge is -2.33. The summed E-state index contributed by atoms with van der Waals surface area (Å²) in [5.74, 6) is -1.24. The maximum atomic E-state index is 14.3. The number of benzene rings is 2. The summed E-state index contributed by atoms with van der Waals surface area (Å²) in [6.07, 6.45) is 5.04. The SMILES string of the molecule is CCCC[C@H]1C(=O)N[C@@H](Cc2c[nH]c3cc(Cl)ccc23)C(=O)N(C)[C@@H](Cc2ccc(C)cc2)C(=O)NCCCC(=O)N1C. The van der Waals surface area contributed by atoms with Crippen molar-refractivity contribution in [2.24, 2.45) is 0 Å². The van der Waals surface area contributed by atoms with Crippen LogP contribution in [0.25, 0.3) is 10.9 Å². The Labute approximate surface area is 258 Å². The van der Waals surface area contributed by atoms with E-state index in [1.165, 1.54) is 9.80 Å². The largest absolute Gasteiger partial charge is 0.361 e. The van der Waals surface area contributed by atoms with Crippen LogP contribution in [0.2, 0.25) is 5.02 Å². The molecule has 2 aromatic carbocycles. The first-order chi connectivity index (χ1) is 20.6. The fourth-order valence-electron chi connectivity index (χ4n) is 5.58. The van der Waals surface area contributed by atoms with Crippen molar-refractivity contribution in [3.8, 4) is 0 Å². The van der Waals surface area contributed by atoms with Crippen LogP contribution in [0.3, 0.4) is 0 Å². The first kappa shape index (κ1) is 32.1. The third kappa shape index (κ3) is 7.96. The maximum absolute atomic E-state index is 14.3. The van der Waals surface area contributed by atoms with Crippen LogP contribution in [0.1, 0.15) is 55.7 Å². The molecule has 0 radical (unpaired) electrons. The van der Waals surface area contributed by atoms with Crippen molar-refractivity contribution in [3.63, 3.8) is 0 Å². The molecule has 1 saturated heterocycles. The molecule has 43 heavy (non-hydrogen) atoms. The van der Waals surface area contributed by atoms with Crippen LogP contribution in [-0.2, 0) is 32.0 Å². The minimum atomic E-state index is -0.976. The lowest BCUT2D eigenvalue weighted by atomic mass is 9.99. The van der Waals surface area contributed by atoms with Crippen molar-refractivity contribution < 1.29 is 19.2 Å². The van der Waals surface area contributed by atoms with E-state index in [9.17, 15) is 19.2 Å². The summed E-state index contributed by atoms with van der Waals surface area (Å²) in [4.78, 5) is 60.8. The Balaban J connectivity index is 1.72. The summed E-state index contributed by atoms with van der Waals surface area (Å²) in [7, 11) is 3.25. The first-order valence-corrected chi connectivity index (χ1v) is 15.4. The zero-order valence-electron chi connectivity index (χ0n) is 25.4. The number of hydrogen-bond donors (Lipinski definition) is 3. The third-order valence-corrected chi connectivity index (χ3v) is 8.53. The van der Waals surface area contributed by atoms with E-state index in [0.29, 0.717) is 24.3 Å². The van der Waals surface area contributed by atoms with Gasteiger partial charge in [0.05, 0.1) is 0 Å². The molecule has 10 heteroatoms. The van der Waals surface area contributed by atoms with E-state index in [2.05, 4.69) is 15.6 Å². The van der Waals surface area contributed by atoms with Crippen LogP contribution < -0.4 is 10.6 Å². The molecule has 0 unspecified atom stereocenters. The number of aromatic amines is 1. The number of amides is 4. The number of hydrogen-bond acceptors (Lipinski definition) is 4. The summed E-state index contributed by atoms with van der Waals surface area (Å²) in [5.41, 5.74) is 3.66. The van der Waals surface area contributed by atoms with Crippen LogP contribution in [0.15, 0.2) is 48.7 Å². The highest BCUT2D eigenvalue weighted by molar-refractivity contribution is 6.31. The second-order valence-electron chi connectivity index (χ2n) is 11.5. The van der Waals surface area contributed by atoms with Gasteiger partial charge in [0.15, 0.2) is 0 Å². The molecular formula is C33H42ClN5O4. The predicted octanol–water partition coefficient (Wildman–Crippen LogP) is 4.15. The number of unbranched alkanes of at least 4 members (excludes halogenated alkanes) is 1. The van der Waals surface area contributed by atoms with Crippen molar-refractivity contribution in [1.29, 1.82) is 0 Å². The van der Waals surface area contributed by atoms with Gasteiger partial charge in [-0.3, -0.25) is 19.2 Å². The molecule has 4 rings (SSSR count). The summed E-state index contributed by atoms with van der Waals surface area (Å²) < 4.78 is 0. The molecule has 0 spiro atoms. The smallest absolute Gasteiger partial charge is 0.245 e. The predicted molar refractivity (Wildman–Crippen MR) is 169 cm³/mol. The van der Waals surface area contributed by atoms with E-state index in [1.54, 1.807) is 20.2 Å². The van der Waals surface area contributed by atoms with Gasteiger partial charge < -0.3 is 25.4 Å². The molecule has 1 fully saturated rings. The first-order valence-electron chi connectivity index (χ1n) is 15.0. The van der Waals surface area contributed by atoms with E-state index < -0.39 is 18.1 Å². The highest BCUT2D eigenvalue weighted by atomic mass is 35.5. The van der Waals surface area contributed by atoms with E-state index in [-0.39, 0.29) is 43.0 Å². The Bertz CT molecular complexity index is 1450. The highest BCUT2D eigenvalue weighted by Crippen LogP contribution is 2.24. The molecule has 9 nitrogen and oxygen atoms in total. The molecule has 230 valence electrons. The number of halogens is 1. The topological polar surface area (TPSA) is 115 Å². The van der Waals surface area contributed by atoms with Crippen molar-refractivity contribution in [3.05, 3.63) is 70.4 Å². The van der Waals surface area contributed by atoms with Gasteiger partial charge in [0.1, 0.15) is 18.1 Å². The number of aryl methyl sites for hydroxylation is 1. The number of rotatable bonds is 7. The van der Waals surface area contributed by atoms with E-state index in [4.69, 9.17) is 11.6 Å². The number of carbonyl (C=O) groups is 4. The van der Waals surface area contributed by atoms with E-state index in [0.717, 1.165) is 40.4 Å². The van der Waals surface area contributed by atoms with E-state index >= 15 is 0 Å². The minimum Gasteiger partial charge on any atom is -0.361 e. The molecule has 1 aromatic heterocycles. The molecule has 0 saturated carbocycles. The summed E-state index contributed by atoms with van der Waals surface area (Å²) in [5, 5.41) is 7.40. The van der Waals surface area contributed by atoms with Gasteiger partial charge in [0.25, 0.3) is 0 Å². The maximum Gasteiger partial charge on any atom is 0.245 e. The normalized spacial score (nSPS) is 21.1. The van der Waals surface area contributed by atoms with Gasteiger partial charge in [-0.1, -0.05) is 67.3 Å². The van der Waals surface area contributed by atoms with Crippen molar-refractivity contribution in [2.45, 2.75) is 76.9 Å². The number of aromatic nitrogens is 1. The molecule has 3 aromatic rings. The number of carbonyl (C=O) groups excluding carboxylic acids is 4. The number of nitrogens with zero attached hydrogens (tertiary/aromatic N) is 2. The Hall–Kier alpha value is -3.85. The average molecular weight is 608 g/mol. The van der Waals surface area contributed by atoms with Gasteiger partial charge in [-0.05, 0) is 43.0 Å². The van der Waals surface area contributed by atoms with Crippen molar-refractivity contribution >= 4 is 46.1 Å². The summed E-state index contributed by atoms with van der Waals surface area (Å²) in [6, 6.07) is 10.8. The van der Waals surface area contributed by atoms with Crippen LogP contribution in [0, 0.1) is 6.92 Å². The number of fused-ring (bicyclic) bond motifs is 1. The van der Waals surface area contributed by atoms with Crippen molar-refractivity contribution in [2.75, 3.05) is 20.6 Å². The van der Waals surface area contributed by atoms with Crippen LogP contribution in [-0.4, -0.2) is 77.2 Å². The zero-order valence-corrected chi connectivity index (χ0v) is 26.2. The third-order valence-electron chi connectivity index (χ3n) is 8.30. The van der Waals surface area contributed by atoms with Gasteiger partial charge in [-0.2, -0.15) is 0 Å². The van der Waals surface area contributed by atoms with Gasteiger partial charge in [-0.15, -0.1) is 0 Å². The second kappa shape index (κ2) is 14.6. The van der Waals surface area contributed by atoms with Crippen LogP contribution in [0.5, 0.6) is 0 Å². The van der Waals surface area contributed by atoms with Crippen molar-refractivity contribution in [1.82, 2.24) is 25.4 Å². The lowest BCUT2D eigenvalue weighted by Crippen LogP contribution is -2.58. The molecule has 1 aliphatic heterocycles. The van der Waals surface area contributed by atoms with Gasteiger partial charge >= 0.3 is 0 Å². The molecule has 3 N–H and O–H groups in total. The molecule has 4 amide bonds. The van der Waals surface area contributed by atoms with E-state index in [1.807, 2.05) is 56.4 Å². The monoisotopic (exact) mass is 607 g/mol. The molecule has 1 aliphatic rings. The fraction of sp³-hybridized carbons (Fsp3) is 0.455. The van der Waals surface area contributed by atoms with Gasteiger partial charge in [0.2, 0.25) is 23.6 Å². The minimum absolute atomic E-state index is 0.174. The van der Waals surface area contributed by atoms with Gasteiger partial charge in [0, 0.05) is 62.0 Å². The Morgan fingerprint density at radius 3 is 2.40 bits per heavy atom. The Morgan fingerprint density at radius 1 is 0.930 bits per heavy atom. The average Bonchev–Trinajstić information content (AvgIpc) is 3.38. The Kier molecular flexibility index (Phi) is 10.9. The molecular weight excluding hydrogens is 566 g/mol. The number of nitrogens with one attached hydrogen (secondary N) is 3. The van der Waals surface area contributed by atoms with Crippen LogP contribution in [0.4, 0.5) is 0 Å². The standard InChI is InChI=1S/C33H42ClN5O4/c1-5-6-8-28-32(42)37-27(18-23-20-36-26-19-24(34)14-15-25(23)26)33(43)39(4)29(17-22-12-10-21(2)11-13-22)31(41)35-16-7-9-30(40)38(28)3/h10-15,19-20,27-29,36H,5-9,16-18H2,1-4H3,(H,35,41)(H,37,42)/t27-,28-,29-/m0/s1. The summed E-state index contributed by atoms with van der Waals surface area (Å²) >= 11 is 6.19. The zero-order chi connectivity index (χ0) is 31.1. The molecule has 3 atom stereocenters. The highest BCUT2D eigenvalue weighted by Gasteiger charge is 2.35. The molecule has 0 aliphatic carbocycles. The van der Waals surface area contributed by atoms with Gasteiger partial charge in [-0.25, -0.2) is 0 Å². The quantitative estimate of drug-likeness (QED) is 0.374. The fourth-order valence-corrected chi connectivity index (χ4v) is 5.76. The Morgan fingerprint density at radius 2 is 1.67 bits per heavy atom. The number of likely N-dealkylation sites (N-methyl/N-ethyl adjacent to an activating group) is 2. The lowest BCUT2D eigenvalue weighted by molar-refractivity contribution is -0.144. The second-order valence-corrected chi connectivity index (χ2v) is 11.9. The van der Waals surface area contributed by atoms with Crippen LogP contribution >= 0.6 is 11.6 Å².